The van der Waals surface area contributed by atoms with Crippen LogP contribution in [0, 0.1) is 0 Å². The van der Waals surface area contributed by atoms with Crippen molar-refractivity contribution in [1.82, 2.24) is 5.32 Å². The molecule has 2 heterocycles. The highest BCUT2D eigenvalue weighted by Crippen LogP contribution is 2.26. The van der Waals surface area contributed by atoms with Crippen molar-refractivity contribution in [1.29, 1.82) is 0 Å². The van der Waals surface area contributed by atoms with Crippen molar-refractivity contribution >= 4 is 63.8 Å². The Hall–Kier alpha value is -2.29. The number of nitrogens with one attached hydrogen (secondary N) is 2. The normalized spacial score (nSPS) is 18.5. The van der Waals surface area contributed by atoms with Gasteiger partial charge in [0.15, 0.2) is 5.17 Å². The summed E-state index contributed by atoms with van der Waals surface area (Å²) < 4.78 is 5.08. The first-order chi connectivity index (χ1) is 12.5. The zero-order valence-electron chi connectivity index (χ0n) is 13.1. The van der Waals surface area contributed by atoms with Gasteiger partial charge in [-0.15, -0.1) is 5.10 Å². The van der Waals surface area contributed by atoms with Crippen LogP contribution in [0.1, 0.15) is 12.2 Å². The van der Waals surface area contributed by atoms with E-state index in [0.717, 1.165) is 11.8 Å². The average Bonchev–Trinajstić information content (AvgIpc) is 3.22. The van der Waals surface area contributed by atoms with Crippen LogP contribution in [-0.2, 0) is 9.59 Å². The Morgan fingerprint density at radius 3 is 2.92 bits per heavy atom. The number of carbonyl (C=O) groups is 2. The van der Waals surface area contributed by atoms with Gasteiger partial charge in [0.1, 0.15) is 11.0 Å². The van der Waals surface area contributed by atoms with Crippen LogP contribution < -0.4 is 10.6 Å². The van der Waals surface area contributed by atoms with Crippen LogP contribution in [0.15, 0.2) is 51.2 Å². The number of amides is 2. The Morgan fingerprint density at radius 1 is 1.35 bits per heavy atom. The van der Waals surface area contributed by atoms with Gasteiger partial charge in [-0.2, -0.15) is 5.10 Å². The summed E-state index contributed by atoms with van der Waals surface area (Å²) in [7, 11) is 0. The lowest BCUT2D eigenvalue weighted by Crippen LogP contribution is -2.28. The molecule has 1 aromatic carbocycles. The molecule has 0 aliphatic carbocycles. The topological polar surface area (TPSA) is 96.1 Å². The number of amidine groups is 1. The highest BCUT2D eigenvalue weighted by atomic mass is 35.5. The van der Waals surface area contributed by atoms with Gasteiger partial charge in [-0.05, 0) is 30.3 Å². The lowest BCUT2D eigenvalue weighted by Gasteiger charge is -2.08. The Balaban J connectivity index is 1.55. The molecule has 26 heavy (non-hydrogen) atoms. The zero-order chi connectivity index (χ0) is 18.5. The minimum absolute atomic E-state index is 0.0162. The van der Waals surface area contributed by atoms with E-state index < -0.39 is 5.25 Å². The van der Waals surface area contributed by atoms with Crippen LogP contribution in [-0.4, -0.2) is 28.4 Å². The fourth-order valence-corrected chi connectivity index (χ4v) is 3.27. The number of thioether (sulfide) groups is 1. The van der Waals surface area contributed by atoms with Gasteiger partial charge < -0.3 is 15.1 Å². The maximum atomic E-state index is 12.1. The second-order valence-corrected chi connectivity index (χ2v) is 7.15. The van der Waals surface area contributed by atoms with Crippen molar-refractivity contribution < 1.29 is 14.0 Å². The molecule has 1 fully saturated rings. The Kier molecular flexibility index (Phi) is 5.97. The van der Waals surface area contributed by atoms with Gasteiger partial charge in [0.2, 0.25) is 11.8 Å². The summed E-state index contributed by atoms with van der Waals surface area (Å²) in [5, 5.41) is 13.5. The molecule has 2 N–H and O–H groups in total. The number of hydrogen-bond acceptors (Lipinski definition) is 6. The quantitative estimate of drug-likeness (QED) is 0.581. The maximum absolute atomic E-state index is 12.1. The lowest BCUT2D eigenvalue weighted by molar-refractivity contribution is -0.122. The van der Waals surface area contributed by atoms with Gasteiger partial charge in [0.05, 0.1) is 22.5 Å². The Morgan fingerprint density at radius 2 is 2.19 bits per heavy atom. The van der Waals surface area contributed by atoms with Crippen molar-refractivity contribution in [2.75, 3.05) is 5.32 Å². The van der Waals surface area contributed by atoms with Gasteiger partial charge in [-0.3, -0.25) is 9.59 Å². The average molecular weight is 411 g/mol. The molecule has 1 saturated heterocycles. The van der Waals surface area contributed by atoms with Crippen LogP contribution >= 0.6 is 35.0 Å². The van der Waals surface area contributed by atoms with Crippen molar-refractivity contribution in [2.24, 2.45) is 10.2 Å². The molecule has 2 amide bonds. The molecular weight excluding hydrogens is 399 g/mol. The van der Waals surface area contributed by atoms with Crippen molar-refractivity contribution in [3.63, 3.8) is 0 Å². The number of carbonyl (C=O) groups excluding carboxylic acids is 2. The number of benzene rings is 1. The van der Waals surface area contributed by atoms with Gasteiger partial charge in [-0.25, -0.2) is 0 Å². The standard InChI is InChI=1S/C16H12Cl2N4O3S/c17-11-4-3-9(6-12(11)18)20-14(23)7-13-15(24)21-16(26-13)22-19-8-10-2-1-5-25-10/h1-6,8,13H,7H2,(H,20,23)(H,21,22,24)/b19-8+. The second kappa shape index (κ2) is 8.39. The fourth-order valence-electron chi connectivity index (χ4n) is 2.04. The minimum atomic E-state index is -0.588. The first-order valence-corrected chi connectivity index (χ1v) is 9.02. The van der Waals surface area contributed by atoms with Gasteiger partial charge >= 0.3 is 0 Å². The number of furan rings is 1. The molecular formula is C16H12Cl2N4O3S. The van der Waals surface area contributed by atoms with Gasteiger partial charge in [-0.1, -0.05) is 35.0 Å². The van der Waals surface area contributed by atoms with Crippen molar-refractivity contribution in [3.05, 3.63) is 52.4 Å². The minimum Gasteiger partial charge on any atom is -0.463 e. The van der Waals surface area contributed by atoms with E-state index in [-0.39, 0.29) is 18.2 Å². The summed E-state index contributed by atoms with van der Waals surface area (Å²) in [6, 6.07) is 8.20. The van der Waals surface area contributed by atoms with Crippen LogP contribution in [0.3, 0.4) is 0 Å². The third-order valence-corrected chi connectivity index (χ3v) is 5.04. The number of rotatable bonds is 5. The molecule has 1 aromatic heterocycles. The van der Waals surface area contributed by atoms with Crippen LogP contribution in [0.4, 0.5) is 5.69 Å². The van der Waals surface area contributed by atoms with Crippen molar-refractivity contribution in [2.45, 2.75) is 11.7 Å². The summed E-state index contributed by atoms with van der Waals surface area (Å²) in [6.45, 7) is 0. The number of anilines is 1. The van der Waals surface area contributed by atoms with Crippen LogP contribution in [0.5, 0.6) is 0 Å². The monoisotopic (exact) mass is 410 g/mol. The van der Waals surface area contributed by atoms with E-state index >= 15 is 0 Å². The number of nitrogens with zero attached hydrogens (tertiary/aromatic N) is 2. The summed E-state index contributed by atoms with van der Waals surface area (Å²) in [5.74, 6) is -0.0798. The molecule has 0 bridgehead atoms. The third kappa shape index (κ3) is 4.87. The molecule has 1 atom stereocenters. The lowest BCUT2D eigenvalue weighted by atomic mass is 10.2. The van der Waals surface area contributed by atoms with E-state index in [9.17, 15) is 9.59 Å². The third-order valence-electron chi connectivity index (χ3n) is 3.23. The summed E-state index contributed by atoms with van der Waals surface area (Å²) >= 11 is 12.9. The molecule has 10 heteroatoms. The van der Waals surface area contributed by atoms with E-state index in [4.69, 9.17) is 27.6 Å². The van der Waals surface area contributed by atoms with Gasteiger partial charge in [0, 0.05) is 12.1 Å². The molecule has 1 aliphatic rings. The molecule has 7 nitrogen and oxygen atoms in total. The SMILES string of the molecule is O=C(CC1S/C(=N/N=C/c2ccco2)NC1=O)Nc1ccc(Cl)c(Cl)c1. The Bertz CT molecular complexity index is 884. The van der Waals surface area contributed by atoms with E-state index in [1.54, 1.807) is 30.3 Å². The number of hydrogen-bond donors (Lipinski definition) is 2. The molecule has 0 radical (unpaired) electrons. The van der Waals surface area contributed by atoms with E-state index in [1.807, 2.05) is 0 Å². The van der Waals surface area contributed by atoms with E-state index in [0.29, 0.717) is 26.7 Å². The first kappa shape index (κ1) is 18.5. The van der Waals surface area contributed by atoms with Crippen LogP contribution in [0.25, 0.3) is 0 Å². The van der Waals surface area contributed by atoms with Crippen LogP contribution in [0.2, 0.25) is 10.0 Å². The van der Waals surface area contributed by atoms with Crippen molar-refractivity contribution in [3.8, 4) is 0 Å². The molecule has 134 valence electrons. The second-order valence-electron chi connectivity index (χ2n) is 5.14. The molecule has 2 aromatic rings. The Labute approximate surface area is 162 Å². The van der Waals surface area contributed by atoms with E-state index in [1.165, 1.54) is 12.5 Å². The molecule has 1 aliphatic heterocycles. The first-order valence-electron chi connectivity index (χ1n) is 7.38. The largest absolute Gasteiger partial charge is 0.463 e. The predicted octanol–water partition coefficient (Wildman–Crippen LogP) is 3.54. The zero-order valence-corrected chi connectivity index (χ0v) is 15.4. The summed E-state index contributed by atoms with van der Waals surface area (Å²) in [5.41, 5.74) is 0.504. The molecule has 0 spiro atoms. The van der Waals surface area contributed by atoms with E-state index in [2.05, 4.69) is 20.8 Å². The highest BCUT2D eigenvalue weighted by Gasteiger charge is 2.32. The summed E-state index contributed by atoms with van der Waals surface area (Å²) in [4.78, 5) is 24.1. The smallest absolute Gasteiger partial charge is 0.240 e. The fraction of sp³-hybridized carbons (Fsp3) is 0.125. The molecule has 0 saturated carbocycles. The number of halogens is 2. The molecule has 3 rings (SSSR count). The van der Waals surface area contributed by atoms with Gasteiger partial charge in [0.25, 0.3) is 0 Å². The summed E-state index contributed by atoms with van der Waals surface area (Å²) in [6.07, 6.45) is 2.92. The molecule has 1 unspecified atom stereocenters. The maximum Gasteiger partial charge on any atom is 0.240 e. The predicted molar refractivity (Wildman–Crippen MR) is 103 cm³/mol. The highest BCUT2D eigenvalue weighted by molar-refractivity contribution is 8.15.